The summed E-state index contributed by atoms with van der Waals surface area (Å²) in [7, 11) is 3.73. The Labute approximate surface area is 182 Å². The average Bonchev–Trinajstić information content (AvgIpc) is 2.76. The first kappa shape index (κ1) is 23.5. The predicted molar refractivity (Wildman–Crippen MR) is 117 cm³/mol. The summed E-state index contributed by atoms with van der Waals surface area (Å²) in [6.07, 6.45) is 10.7. The Morgan fingerprint density at radius 1 is 0.633 bits per heavy atom. The number of aliphatic hydroxyl groups excluding tert-OH is 2. The van der Waals surface area contributed by atoms with E-state index < -0.39 is 0 Å². The van der Waals surface area contributed by atoms with Gasteiger partial charge in [0.2, 0.25) is 11.8 Å². The van der Waals surface area contributed by atoms with Gasteiger partial charge < -0.3 is 20.0 Å². The number of hydrogen-bond donors (Lipinski definition) is 2. The Hall–Kier alpha value is -1.14. The second-order valence-corrected chi connectivity index (χ2v) is 10.2. The molecule has 3 aliphatic carbocycles. The normalized spacial score (nSPS) is 34.9. The number of carbonyl (C=O) groups excluding carboxylic acids is 2. The van der Waals surface area contributed by atoms with Gasteiger partial charge in [-0.2, -0.15) is 0 Å². The molecule has 4 atom stereocenters. The summed E-state index contributed by atoms with van der Waals surface area (Å²) in [5, 5.41) is 20.4. The van der Waals surface area contributed by atoms with E-state index >= 15 is 0 Å². The van der Waals surface area contributed by atoms with Crippen molar-refractivity contribution in [3.63, 3.8) is 0 Å². The minimum Gasteiger partial charge on any atom is -0.393 e. The topological polar surface area (TPSA) is 81.1 Å². The molecule has 0 aliphatic heterocycles. The molecule has 172 valence electrons. The molecule has 3 fully saturated rings. The first-order valence-electron chi connectivity index (χ1n) is 12.2. The van der Waals surface area contributed by atoms with Gasteiger partial charge in [-0.1, -0.05) is 25.7 Å². The van der Waals surface area contributed by atoms with Crippen molar-refractivity contribution in [3.8, 4) is 0 Å². The lowest BCUT2D eigenvalue weighted by Crippen LogP contribution is -2.43. The molecule has 3 rings (SSSR count). The van der Waals surface area contributed by atoms with Crippen molar-refractivity contribution < 1.29 is 19.8 Å². The summed E-state index contributed by atoms with van der Waals surface area (Å²) in [5.41, 5.74) is 0. The van der Waals surface area contributed by atoms with Crippen LogP contribution < -0.4 is 0 Å². The van der Waals surface area contributed by atoms with Gasteiger partial charge in [0.05, 0.1) is 12.2 Å². The lowest BCUT2D eigenvalue weighted by molar-refractivity contribution is -0.141. The highest BCUT2D eigenvalue weighted by molar-refractivity contribution is 5.81. The maximum atomic E-state index is 12.9. The quantitative estimate of drug-likeness (QED) is 0.690. The smallest absolute Gasteiger partial charge is 0.225 e. The van der Waals surface area contributed by atoms with Crippen molar-refractivity contribution in [1.82, 2.24) is 9.80 Å². The molecule has 0 spiro atoms. The molecule has 2 amide bonds. The highest BCUT2D eigenvalue weighted by Crippen LogP contribution is 2.33. The molecule has 30 heavy (non-hydrogen) atoms. The van der Waals surface area contributed by atoms with Crippen molar-refractivity contribution in [1.29, 1.82) is 0 Å². The third kappa shape index (κ3) is 5.97. The zero-order valence-corrected chi connectivity index (χ0v) is 19.0. The number of hydrogen-bond acceptors (Lipinski definition) is 4. The molecule has 0 bridgehead atoms. The third-order valence-corrected chi connectivity index (χ3v) is 7.93. The lowest BCUT2D eigenvalue weighted by Gasteiger charge is -2.36. The molecule has 3 saturated carbocycles. The Morgan fingerprint density at radius 3 is 1.30 bits per heavy atom. The van der Waals surface area contributed by atoms with Gasteiger partial charge in [0.15, 0.2) is 0 Å². The van der Waals surface area contributed by atoms with Crippen molar-refractivity contribution >= 4 is 11.8 Å². The summed E-state index contributed by atoms with van der Waals surface area (Å²) in [6, 6.07) is 0. The van der Waals surface area contributed by atoms with Gasteiger partial charge in [-0.25, -0.2) is 0 Å². The second kappa shape index (κ2) is 10.9. The summed E-state index contributed by atoms with van der Waals surface area (Å²) < 4.78 is 0. The van der Waals surface area contributed by atoms with Gasteiger partial charge in [0, 0.05) is 50.9 Å². The molecule has 0 aromatic heterocycles. The molecule has 0 aromatic rings. The summed E-state index contributed by atoms with van der Waals surface area (Å²) in [4.78, 5) is 29.5. The first-order chi connectivity index (χ1) is 14.4. The van der Waals surface area contributed by atoms with Gasteiger partial charge in [-0.05, 0) is 51.4 Å². The van der Waals surface area contributed by atoms with E-state index in [1.165, 1.54) is 0 Å². The summed E-state index contributed by atoms with van der Waals surface area (Å²) >= 11 is 0. The van der Waals surface area contributed by atoms with Crippen molar-refractivity contribution in [2.45, 2.75) is 89.3 Å². The molecule has 4 unspecified atom stereocenters. The minimum absolute atomic E-state index is 0.00487. The molecular weight excluding hydrogens is 380 g/mol. The van der Waals surface area contributed by atoms with Crippen molar-refractivity contribution in [2.75, 3.05) is 27.2 Å². The molecule has 0 heterocycles. The monoisotopic (exact) mass is 422 g/mol. The van der Waals surface area contributed by atoms with Crippen LogP contribution in [-0.4, -0.2) is 71.2 Å². The molecule has 2 N–H and O–H groups in total. The molecule has 6 heteroatoms. The highest BCUT2D eigenvalue weighted by atomic mass is 16.3. The van der Waals surface area contributed by atoms with Gasteiger partial charge in [-0.15, -0.1) is 0 Å². The van der Waals surface area contributed by atoms with Gasteiger partial charge >= 0.3 is 0 Å². The fourth-order valence-corrected chi connectivity index (χ4v) is 5.90. The number of nitrogens with zero attached hydrogens (tertiary/aromatic N) is 2. The van der Waals surface area contributed by atoms with Crippen LogP contribution in [0.2, 0.25) is 0 Å². The van der Waals surface area contributed by atoms with Crippen LogP contribution >= 0.6 is 0 Å². The standard InChI is InChI=1S/C24H42N2O4/c1-25(15-19-7-3-5-9-21(19)27)23(29)17-11-13-18(14-12-17)24(30)26(2)16-20-8-4-6-10-22(20)28/h17-22,27-28H,3-16H2,1-2H3. The largest absolute Gasteiger partial charge is 0.393 e. The van der Waals surface area contributed by atoms with Crippen molar-refractivity contribution in [2.24, 2.45) is 23.7 Å². The number of rotatable bonds is 6. The lowest BCUT2D eigenvalue weighted by atomic mass is 9.80. The molecule has 0 aromatic carbocycles. The minimum atomic E-state index is -0.277. The van der Waals surface area contributed by atoms with E-state index in [1.54, 1.807) is 0 Å². The van der Waals surface area contributed by atoms with E-state index in [2.05, 4.69) is 0 Å². The molecular formula is C24H42N2O4. The summed E-state index contributed by atoms with van der Waals surface area (Å²) in [6.45, 7) is 1.29. The fraction of sp³-hybridized carbons (Fsp3) is 0.917. The Bertz CT molecular complexity index is 526. The van der Waals surface area contributed by atoms with E-state index in [-0.39, 0.29) is 47.7 Å². The van der Waals surface area contributed by atoms with Crippen LogP contribution in [0, 0.1) is 23.7 Å². The Balaban J connectivity index is 1.42. The zero-order valence-electron chi connectivity index (χ0n) is 19.0. The zero-order chi connectivity index (χ0) is 21.7. The molecule has 3 aliphatic rings. The van der Waals surface area contributed by atoms with E-state index in [9.17, 15) is 19.8 Å². The second-order valence-electron chi connectivity index (χ2n) is 10.2. The van der Waals surface area contributed by atoms with Crippen LogP contribution in [0.4, 0.5) is 0 Å². The Kier molecular flexibility index (Phi) is 8.58. The van der Waals surface area contributed by atoms with Crippen LogP contribution in [0.25, 0.3) is 0 Å². The van der Waals surface area contributed by atoms with E-state index in [1.807, 2.05) is 23.9 Å². The van der Waals surface area contributed by atoms with Gasteiger partial charge in [0.25, 0.3) is 0 Å². The number of aliphatic hydroxyl groups is 2. The van der Waals surface area contributed by atoms with Crippen LogP contribution in [0.15, 0.2) is 0 Å². The maximum absolute atomic E-state index is 12.9. The highest BCUT2D eigenvalue weighted by Gasteiger charge is 2.35. The SMILES string of the molecule is CN(CC1CCCCC1O)C(=O)C1CCC(C(=O)N(C)CC2CCCCC2O)CC1. The van der Waals surface area contributed by atoms with Crippen LogP contribution in [-0.2, 0) is 9.59 Å². The maximum Gasteiger partial charge on any atom is 0.225 e. The fourth-order valence-electron chi connectivity index (χ4n) is 5.90. The predicted octanol–water partition coefficient (Wildman–Crippen LogP) is 2.81. The molecule has 6 nitrogen and oxygen atoms in total. The van der Waals surface area contributed by atoms with E-state index in [0.29, 0.717) is 13.1 Å². The first-order valence-corrected chi connectivity index (χ1v) is 12.2. The number of carbonyl (C=O) groups is 2. The van der Waals surface area contributed by atoms with E-state index in [0.717, 1.165) is 77.0 Å². The average molecular weight is 423 g/mol. The van der Waals surface area contributed by atoms with Crippen LogP contribution in [0.3, 0.4) is 0 Å². The van der Waals surface area contributed by atoms with Crippen LogP contribution in [0.1, 0.15) is 77.0 Å². The Morgan fingerprint density at radius 2 is 0.967 bits per heavy atom. The molecule has 0 saturated heterocycles. The van der Waals surface area contributed by atoms with Crippen LogP contribution in [0.5, 0.6) is 0 Å². The van der Waals surface area contributed by atoms with Gasteiger partial charge in [0.1, 0.15) is 0 Å². The van der Waals surface area contributed by atoms with Crippen molar-refractivity contribution in [3.05, 3.63) is 0 Å². The third-order valence-electron chi connectivity index (χ3n) is 7.93. The van der Waals surface area contributed by atoms with E-state index in [4.69, 9.17) is 0 Å². The molecule has 0 radical (unpaired) electrons. The number of amides is 2. The van der Waals surface area contributed by atoms with Gasteiger partial charge in [-0.3, -0.25) is 9.59 Å². The summed E-state index contributed by atoms with van der Waals surface area (Å²) in [5.74, 6) is 0.772.